The number of piperazine rings is 1. The highest BCUT2D eigenvalue weighted by atomic mass is 35.5. The van der Waals surface area contributed by atoms with Crippen molar-refractivity contribution < 1.29 is 4.79 Å². The standard InChI is InChI=1S/C25H25ClN4O2/c1-19-18-23(31)24(27-30(19)22-12-6-5-11-21(22)26)25(32)29-16-14-28(15-17-29)13-7-10-20-8-3-2-4-9-20/h2-12,18H,13-17H2,1H3/b10-7+. The average molecular weight is 449 g/mol. The Morgan fingerprint density at radius 1 is 1.03 bits per heavy atom. The molecule has 3 aromatic rings. The fourth-order valence-electron chi connectivity index (χ4n) is 3.75. The number of halogens is 1. The van der Waals surface area contributed by atoms with E-state index in [4.69, 9.17) is 11.6 Å². The Labute approximate surface area is 192 Å². The Balaban J connectivity index is 1.43. The molecule has 0 aliphatic carbocycles. The van der Waals surface area contributed by atoms with Crippen LogP contribution < -0.4 is 5.43 Å². The number of aryl methyl sites for hydroxylation is 1. The van der Waals surface area contributed by atoms with Gasteiger partial charge in [0.2, 0.25) is 5.43 Å². The average Bonchev–Trinajstić information content (AvgIpc) is 2.81. The van der Waals surface area contributed by atoms with Gasteiger partial charge in [0.25, 0.3) is 5.91 Å². The smallest absolute Gasteiger partial charge is 0.278 e. The largest absolute Gasteiger partial charge is 0.335 e. The number of carbonyl (C=O) groups excluding carboxylic acids is 1. The maximum absolute atomic E-state index is 13.1. The van der Waals surface area contributed by atoms with Crippen molar-refractivity contribution in [2.24, 2.45) is 0 Å². The molecule has 0 saturated carbocycles. The zero-order chi connectivity index (χ0) is 22.5. The lowest BCUT2D eigenvalue weighted by Gasteiger charge is -2.33. The van der Waals surface area contributed by atoms with Crippen molar-refractivity contribution in [3.05, 3.63) is 98.9 Å². The van der Waals surface area contributed by atoms with Gasteiger partial charge in [-0.15, -0.1) is 0 Å². The fraction of sp³-hybridized carbons (Fsp3) is 0.240. The van der Waals surface area contributed by atoms with E-state index in [9.17, 15) is 9.59 Å². The van der Waals surface area contributed by atoms with Crippen molar-refractivity contribution in [2.45, 2.75) is 6.92 Å². The molecule has 0 atom stereocenters. The summed E-state index contributed by atoms with van der Waals surface area (Å²) < 4.78 is 1.56. The third kappa shape index (κ3) is 4.98. The van der Waals surface area contributed by atoms with Gasteiger partial charge < -0.3 is 4.90 Å². The SMILES string of the molecule is Cc1cc(=O)c(C(=O)N2CCN(C/C=C/c3ccccc3)CC2)nn1-c1ccccc1Cl. The molecule has 164 valence electrons. The zero-order valence-corrected chi connectivity index (χ0v) is 18.7. The van der Waals surface area contributed by atoms with Gasteiger partial charge in [0.1, 0.15) is 0 Å². The van der Waals surface area contributed by atoms with E-state index in [1.165, 1.54) is 11.6 Å². The van der Waals surface area contributed by atoms with Gasteiger partial charge in [-0.2, -0.15) is 5.10 Å². The van der Waals surface area contributed by atoms with Gasteiger partial charge in [-0.1, -0.05) is 66.2 Å². The van der Waals surface area contributed by atoms with Crippen molar-refractivity contribution in [3.8, 4) is 5.69 Å². The van der Waals surface area contributed by atoms with Crippen molar-refractivity contribution >= 4 is 23.6 Å². The minimum absolute atomic E-state index is 0.0760. The van der Waals surface area contributed by atoms with E-state index in [0.29, 0.717) is 29.5 Å². The number of hydrogen-bond donors (Lipinski definition) is 0. The lowest BCUT2D eigenvalue weighted by molar-refractivity contribution is 0.0641. The van der Waals surface area contributed by atoms with E-state index < -0.39 is 0 Å². The van der Waals surface area contributed by atoms with Gasteiger partial charge in [-0.25, -0.2) is 4.68 Å². The predicted octanol–water partition coefficient (Wildman–Crippen LogP) is 3.67. The predicted molar refractivity (Wildman–Crippen MR) is 127 cm³/mol. The van der Waals surface area contributed by atoms with Gasteiger partial charge in [-0.05, 0) is 24.6 Å². The number of rotatable bonds is 5. The topological polar surface area (TPSA) is 58.4 Å². The number of amides is 1. The Morgan fingerprint density at radius 2 is 1.72 bits per heavy atom. The van der Waals surface area contributed by atoms with E-state index in [1.807, 2.05) is 36.4 Å². The second-order valence-corrected chi connectivity index (χ2v) is 8.17. The highest BCUT2D eigenvalue weighted by Gasteiger charge is 2.25. The number of para-hydroxylation sites is 1. The molecule has 0 bridgehead atoms. The number of nitrogens with zero attached hydrogens (tertiary/aromatic N) is 4. The molecule has 1 aliphatic rings. The third-order valence-corrected chi connectivity index (χ3v) is 5.84. The molecule has 1 amide bonds. The van der Waals surface area contributed by atoms with Crippen LogP contribution >= 0.6 is 11.6 Å². The highest BCUT2D eigenvalue weighted by molar-refractivity contribution is 6.32. The molecule has 0 unspecified atom stereocenters. The summed E-state index contributed by atoms with van der Waals surface area (Å²) in [6.45, 7) is 5.19. The van der Waals surface area contributed by atoms with E-state index in [1.54, 1.807) is 22.6 Å². The summed E-state index contributed by atoms with van der Waals surface area (Å²) in [5.41, 5.74) is 1.98. The van der Waals surface area contributed by atoms with E-state index in [2.05, 4.69) is 34.3 Å². The van der Waals surface area contributed by atoms with Crippen LogP contribution in [0, 0.1) is 6.92 Å². The van der Waals surface area contributed by atoms with E-state index >= 15 is 0 Å². The van der Waals surface area contributed by atoms with E-state index in [0.717, 1.165) is 19.6 Å². The van der Waals surface area contributed by atoms with Crippen LogP contribution in [-0.2, 0) is 0 Å². The first-order chi connectivity index (χ1) is 15.5. The first-order valence-corrected chi connectivity index (χ1v) is 11.0. The molecule has 0 spiro atoms. The van der Waals surface area contributed by atoms with Crippen LogP contribution in [0.25, 0.3) is 11.8 Å². The zero-order valence-electron chi connectivity index (χ0n) is 17.9. The number of carbonyl (C=O) groups is 1. The van der Waals surface area contributed by atoms with Crippen LogP contribution in [0.4, 0.5) is 0 Å². The number of aromatic nitrogens is 2. The monoisotopic (exact) mass is 448 g/mol. The van der Waals surface area contributed by atoms with Gasteiger partial charge in [0.15, 0.2) is 5.69 Å². The Morgan fingerprint density at radius 3 is 2.44 bits per heavy atom. The Hall–Kier alpha value is -3.22. The summed E-state index contributed by atoms with van der Waals surface area (Å²) in [7, 11) is 0. The van der Waals surface area contributed by atoms with Gasteiger partial charge in [-0.3, -0.25) is 14.5 Å². The second-order valence-electron chi connectivity index (χ2n) is 7.77. The van der Waals surface area contributed by atoms with Crippen LogP contribution in [0.5, 0.6) is 0 Å². The lowest BCUT2D eigenvalue weighted by Crippen LogP contribution is -2.49. The summed E-state index contributed by atoms with van der Waals surface area (Å²) in [6, 6.07) is 18.8. The summed E-state index contributed by atoms with van der Waals surface area (Å²) in [5.74, 6) is -0.338. The normalized spacial score (nSPS) is 14.8. The molecular weight excluding hydrogens is 424 g/mol. The molecule has 4 rings (SSSR count). The molecule has 1 saturated heterocycles. The number of hydrogen-bond acceptors (Lipinski definition) is 4. The van der Waals surface area contributed by atoms with Crippen LogP contribution in [0.2, 0.25) is 5.02 Å². The second kappa shape index (κ2) is 9.94. The fourth-order valence-corrected chi connectivity index (χ4v) is 3.96. The summed E-state index contributed by atoms with van der Waals surface area (Å²) >= 11 is 6.30. The molecule has 1 aromatic heterocycles. The van der Waals surface area contributed by atoms with Crippen LogP contribution in [0.15, 0.2) is 71.5 Å². The van der Waals surface area contributed by atoms with E-state index in [-0.39, 0.29) is 17.0 Å². The molecule has 6 nitrogen and oxygen atoms in total. The molecule has 2 aromatic carbocycles. The van der Waals surface area contributed by atoms with Crippen LogP contribution in [-0.4, -0.2) is 58.2 Å². The summed E-state index contributed by atoms with van der Waals surface area (Å²) in [6.07, 6.45) is 4.24. The van der Waals surface area contributed by atoms with Crippen LogP contribution in [0.1, 0.15) is 21.7 Å². The van der Waals surface area contributed by atoms with Crippen LogP contribution in [0.3, 0.4) is 0 Å². The number of benzene rings is 2. The molecular formula is C25H25ClN4O2. The molecule has 0 N–H and O–H groups in total. The third-order valence-electron chi connectivity index (χ3n) is 5.52. The lowest BCUT2D eigenvalue weighted by atomic mass is 10.2. The first kappa shape index (κ1) is 22.0. The van der Waals surface area contributed by atoms with Crippen molar-refractivity contribution in [3.63, 3.8) is 0 Å². The quantitative estimate of drug-likeness (QED) is 0.597. The van der Waals surface area contributed by atoms with Gasteiger partial charge >= 0.3 is 0 Å². The Bertz CT molecular complexity index is 1180. The minimum Gasteiger partial charge on any atom is -0.335 e. The van der Waals surface area contributed by atoms with Gasteiger partial charge in [0.05, 0.1) is 10.7 Å². The van der Waals surface area contributed by atoms with Crippen molar-refractivity contribution in [1.82, 2.24) is 19.6 Å². The highest BCUT2D eigenvalue weighted by Crippen LogP contribution is 2.20. The van der Waals surface area contributed by atoms with Crippen molar-refractivity contribution in [2.75, 3.05) is 32.7 Å². The molecule has 2 heterocycles. The van der Waals surface area contributed by atoms with Crippen molar-refractivity contribution in [1.29, 1.82) is 0 Å². The first-order valence-electron chi connectivity index (χ1n) is 10.6. The molecule has 32 heavy (non-hydrogen) atoms. The maximum atomic E-state index is 13.1. The van der Waals surface area contributed by atoms with Gasteiger partial charge in [0, 0.05) is 44.5 Å². The molecule has 1 aliphatic heterocycles. The summed E-state index contributed by atoms with van der Waals surface area (Å²) in [5, 5.41) is 4.89. The molecule has 1 fully saturated rings. The molecule has 7 heteroatoms. The molecule has 0 radical (unpaired) electrons. The summed E-state index contributed by atoms with van der Waals surface area (Å²) in [4.78, 5) is 29.6. The maximum Gasteiger partial charge on any atom is 0.278 e. The Kier molecular flexibility index (Phi) is 6.83. The minimum atomic E-state index is -0.371.